The van der Waals surface area contributed by atoms with Crippen molar-refractivity contribution in [1.82, 2.24) is 5.32 Å². The molecule has 0 atom stereocenters. The molecule has 0 aromatic heterocycles. The Labute approximate surface area is 123 Å². The molecule has 0 spiro atoms. The minimum Gasteiger partial charge on any atom is -0.452 e. The molecule has 0 radical (unpaired) electrons. The van der Waals surface area contributed by atoms with Crippen LogP contribution in [0, 0.1) is 0 Å². The molecule has 0 aliphatic heterocycles. The highest BCUT2D eigenvalue weighted by Crippen LogP contribution is 2.10. The largest absolute Gasteiger partial charge is 0.452 e. The van der Waals surface area contributed by atoms with Crippen molar-refractivity contribution >= 4 is 29.6 Å². The Hall–Kier alpha value is -1.81. The third-order valence-electron chi connectivity index (χ3n) is 2.48. The van der Waals surface area contributed by atoms with Crippen LogP contribution in [0.15, 0.2) is 30.3 Å². The number of hydrogen-bond acceptors (Lipinski definition) is 3. The Morgan fingerprint density at radius 3 is 2.65 bits per heavy atom. The summed E-state index contributed by atoms with van der Waals surface area (Å²) >= 11 is 5.75. The maximum Gasteiger partial charge on any atom is 0.331 e. The summed E-state index contributed by atoms with van der Waals surface area (Å²) in [6, 6.07) is 7.02. The number of carbonyl (C=O) groups excluding carboxylic acids is 2. The van der Waals surface area contributed by atoms with Crippen LogP contribution in [0.25, 0.3) is 6.08 Å². The summed E-state index contributed by atoms with van der Waals surface area (Å²) in [5.74, 6) is -0.836. The van der Waals surface area contributed by atoms with Gasteiger partial charge < -0.3 is 10.1 Å². The zero-order valence-corrected chi connectivity index (χ0v) is 12.2. The number of amides is 1. The third-order valence-corrected chi connectivity index (χ3v) is 2.73. The second-order valence-electron chi connectivity index (χ2n) is 4.20. The van der Waals surface area contributed by atoms with E-state index >= 15 is 0 Å². The van der Waals surface area contributed by atoms with Gasteiger partial charge in [-0.15, -0.1) is 0 Å². The number of carbonyl (C=O) groups is 2. The smallest absolute Gasteiger partial charge is 0.331 e. The van der Waals surface area contributed by atoms with Gasteiger partial charge in [0.25, 0.3) is 5.91 Å². The van der Waals surface area contributed by atoms with Gasteiger partial charge in [0, 0.05) is 17.6 Å². The summed E-state index contributed by atoms with van der Waals surface area (Å²) < 4.78 is 4.82. The van der Waals surface area contributed by atoms with E-state index in [-0.39, 0.29) is 12.5 Å². The predicted octanol–water partition coefficient (Wildman–Crippen LogP) is 2.81. The van der Waals surface area contributed by atoms with Crippen LogP contribution in [0.1, 0.15) is 25.3 Å². The van der Waals surface area contributed by atoms with Crippen LogP contribution < -0.4 is 5.32 Å². The number of esters is 1. The molecule has 0 saturated carbocycles. The molecule has 1 aromatic rings. The number of hydrogen-bond donors (Lipinski definition) is 1. The third kappa shape index (κ3) is 6.95. The minimum atomic E-state index is -0.550. The molecule has 0 bridgehead atoms. The maximum atomic E-state index is 11.4. The van der Waals surface area contributed by atoms with Crippen molar-refractivity contribution in [2.75, 3.05) is 13.2 Å². The number of halogens is 1. The molecule has 5 heteroatoms. The van der Waals surface area contributed by atoms with Gasteiger partial charge in [0.05, 0.1) is 0 Å². The average molecular weight is 296 g/mol. The lowest BCUT2D eigenvalue weighted by Crippen LogP contribution is -2.29. The fraction of sp³-hybridized carbons (Fsp3) is 0.333. The van der Waals surface area contributed by atoms with Crippen molar-refractivity contribution in [1.29, 1.82) is 0 Å². The second kappa shape index (κ2) is 9.15. The fourth-order valence-corrected chi connectivity index (χ4v) is 1.50. The molecule has 108 valence electrons. The average Bonchev–Trinajstić information content (AvgIpc) is 2.45. The van der Waals surface area contributed by atoms with Crippen molar-refractivity contribution in [3.8, 4) is 0 Å². The molecule has 1 N–H and O–H groups in total. The second-order valence-corrected chi connectivity index (χ2v) is 4.63. The molecule has 0 unspecified atom stereocenters. The minimum absolute atomic E-state index is 0.256. The first-order chi connectivity index (χ1) is 9.61. The standard InChI is InChI=1S/C15H18ClNO3/c1-2-3-10-17-14(18)11-20-15(19)9-6-12-4-7-13(16)8-5-12/h4-9H,2-3,10-11H2,1H3,(H,17,18)/b9-6+. The van der Waals surface area contributed by atoms with E-state index in [0.717, 1.165) is 18.4 Å². The van der Waals surface area contributed by atoms with Crippen LogP contribution in [0.2, 0.25) is 5.02 Å². The van der Waals surface area contributed by atoms with E-state index in [1.165, 1.54) is 6.08 Å². The van der Waals surface area contributed by atoms with Crippen molar-refractivity contribution in [3.63, 3.8) is 0 Å². The van der Waals surface area contributed by atoms with Crippen molar-refractivity contribution < 1.29 is 14.3 Å². The van der Waals surface area contributed by atoms with Gasteiger partial charge >= 0.3 is 5.97 Å². The van der Waals surface area contributed by atoms with Gasteiger partial charge in [0.2, 0.25) is 0 Å². The predicted molar refractivity (Wildman–Crippen MR) is 79.4 cm³/mol. The number of rotatable bonds is 7. The Balaban J connectivity index is 2.29. The summed E-state index contributed by atoms with van der Waals surface area (Å²) in [5.41, 5.74) is 0.832. The number of unbranched alkanes of at least 4 members (excludes halogenated alkanes) is 1. The van der Waals surface area contributed by atoms with Crippen LogP contribution in [-0.4, -0.2) is 25.0 Å². The molecule has 0 saturated heterocycles. The van der Waals surface area contributed by atoms with Crippen LogP contribution in [0.5, 0.6) is 0 Å². The highest BCUT2D eigenvalue weighted by Gasteiger charge is 2.03. The summed E-state index contributed by atoms with van der Waals surface area (Å²) in [4.78, 5) is 22.7. The highest BCUT2D eigenvalue weighted by atomic mass is 35.5. The summed E-state index contributed by atoms with van der Waals surface area (Å²) in [7, 11) is 0. The maximum absolute atomic E-state index is 11.4. The molecular formula is C15H18ClNO3. The van der Waals surface area contributed by atoms with Crippen molar-refractivity contribution in [3.05, 3.63) is 40.9 Å². The molecule has 20 heavy (non-hydrogen) atoms. The molecule has 1 rings (SSSR count). The molecular weight excluding hydrogens is 278 g/mol. The quantitative estimate of drug-likeness (QED) is 0.478. The van der Waals surface area contributed by atoms with E-state index in [1.54, 1.807) is 30.3 Å². The van der Waals surface area contributed by atoms with Gasteiger partial charge in [0.1, 0.15) is 0 Å². The Morgan fingerprint density at radius 1 is 1.30 bits per heavy atom. The van der Waals surface area contributed by atoms with Gasteiger partial charge in [-0.3, -0.25) is 4.79 Å². The normalized spacial score (nSPS) is 10.5. The summed E-state index contributed by atoms with van der Waals surface area (Å²) in [5, 5.41) is 3.30. The number of ether oxygens (including phenoxy) is 1. The van der Waals surface area contributed by atoms with Crippen LogP contribution in [-0.2, 0) is 14.3 Å². The van der Waals surface area contributed by atoms with Crippen molar-refractivity contribution in [2.24, 2.45) is 0 Å². The number of benzene rings is 1. The van der Waals surface area contributed by atoms with Crippen LogP contribution in [0.4, 0.5) is 0 Å². The van der Waals surface area contributed by atoms with E-state index < -0.39 is 5.97 Å². The summed E-state index contributed by atoms with van der Waals surface area (Å²) in [6.45, 7) is 2.38. The zero-order valence-electron chi connectivity index (χ0n) is 11.4. The Bertz CT molecular complexity index is 469. The first-order valence-electron chi connectivity index (χ1n) is 6.49. The lowest BCUT2D eigenvalue weighted by atomic mass is 10.2. The van der Waals surface area contributed by atoms with Gasteiger partial charge in [-0.25, -0.2) is 4.79 Å². The van der Waals surface area contributed by atoms with E-state index in [4.69, 9.17) is 16.3 Å². The summed E-state index contributed by atoms with van der Waals surface area (Å²) in [6.07, 6.45) is 4.80. The molecule has 0 heterocycles. The van der Waals surface area contributed by atoms with Gasteiger partial charge in [-0.1, -0.05) is 37.1 Å². The molecule has 1 amide bonds. The Morgan fingerprint density at radius 2 is 2.00 bits per heavy atom. The topological polar surface area (TPSA) is 55.4 Å². The molecule has 0 aliphatic rings. The van der Waals surface area contributed by atoms with Crippen LogP contribution >= 0.6 is 11.6 Å². The highest BCUT2D eigenvalue weighted by molar-refractivity contribution is 6.30. The van der Waals surface area contributed by atoms with E-state index in [2.05, 4.69) is 5.32 Å². The van der Waals surface area contributed by atoms with E-state index in [9.17, 15) is 9.59 Å². The van der Waals surface area contributed by atoms with Gasteiger partial charge in [0.15, 0.2) is 6.61 Å². The van der Waals surface area contributed by atoms with Crippen LogP contribution in [0.3, 0.4) is 0 Å². The van der Waals surface area contributed by atoms with Gasteiger partial charge in [-0.2, -0.15) is 0 Å². The molecule has 0 fully saturated rings. The molecule has 1 aromatic carbocycles. The Kier molecular flexibility index (Phi) is 7.43. The van der Waals surface area contributed by atoms with Crippen molar-refractivity contribution in [2.45, 2.75) is 19.8 Å². The lowest BCUT2D eigenvalue weighted by Gasteiger charge is -2.04. The van der Waals surface area contributed by atoms with Gasteiger partial charge in [-0.05, 0) is 30.2 Å². The molecule has 0 aliphatic carbocycles. The fourth-order valence-electron chi connectivity index (χ4n) is 1.38. The first-order valence-corrected chi connectivity index (χ1v) is 6.86. The van der Waals surface area contributed by atoms with E-state index in [1.807, 2.05) is 6.92 Å². The first kappa shape index (κ1) is 16.2. The number of nitrogens with one attached hydrogen (secondary N) is 1. The van der Waals surface area contributed by atoms with E-state index in [0.29, 0.717) is 11.6 Å². The SMILES string of the molecule is CCCCNC(=O)COC(=O)/C=C/c1ccc(Cl)cc1. The molecule has 4 nitrogen and oxygen atoms in total. The lowest BCUT2D eigenvalue weighted by molar-refractivity contribution is -0.143. The zero-order chi connectivity index (χ0) is 14.8. The monoisotopic (exact) mass is 295 g/mol.